The van der Waals surface area contributed by atoms with Crippen LogP contribution in [0.15, 0.2) is 42.5 Å². The van der Waals surface area contributed by atoms with Crippen molar-refractivity contribution in [1.29, 1.82) is 0 Å². The van der Waals surface area contributed by atoms with Gasteiger partial charge in [-0.05, 0) is 55.0 Å². The Hall–Kier alpha value is -4.05. The number of anilines is 1. The quantitative estimate of drug-likeness (QED) is 0.365. The number of carboxylic acids is 1. The van der Waals surface area contributed by atoms with Crippen molar-refractivity contribution in [2.24, 2.45) is 5.92 Å². The average molecular weight is 509 g/mol. The van der Waals surface area contributed by atoms with Gasteiger partial charge in [0.1, 0.15) is 18.2 Å². The maximum Gasteiger partial charge on any atom is 0.322 e. The van der Waals surface area contributed by atoms with Crippen molar-refractivity contribution in [2.45, 2.75) is 32.8 Å². The second-order valence-electron chi connectivity index (χ2n) is 9.15. The highest BCUT2D eigenvalue weighted by atomic mass is 19.1. The first-order valence-electron chi connectivity index (χ1n) is 12.1. The number of aliphatic carboxylic acids is 1. The van der Waals surface area contributed by atoms with Crippen molar-refractivity contribution in [3.63, 3.8) is 0 Å². The smallest absolute Gasteiger partial charge is 0.322 e. The van der Waals surface area contributed by atoms with Crippen molar-refractivity contribution < 1.29 is 29.3 Å². The normalized spacial score (nSPS) is 14.0. The van der Waals surface area contributed by atoms with Gasteiger partial charge < -0.3 is 25.5 Å². The molecular weight excluding hydrogens is 479 g/mol. The first-order chi connectivity index (χ1) is 17.7. The van der Waals surface area contributed by atoms with Gasteiger partial charge in [0, 0.05) is 30.8 Å². The fraction of sp³-hybridized carbons (Fsp3) is 0.333. The fourth-order valence-electron chi connectivity index (χ4n) is 4.51. The van der Waals surface area contributed by atoms with E-state index in [1.165, 1.54) is 6.07 Å². The minimum atomic E-state index is -1.19. The molecule has 2 aromatic carbocycles. The van der Waals surface area contributed by atoms with Gasteiger partial charge in [-0.15, -0.1) is 0 Å². The van der Waals surface area contributed by atoms with Gasteiger partial charge in [0.05, 0.1) is 12.3 Å². The first kappa shape index (κ1) is 26.0. The molecule has 9 nitrogen and oxygen atoms in total. The van der Waals surface area contributed by atoms with E-state index in [4.69, 9.17) is 5.11 Å². The molecule has 194 valence electrons. The van der Waals surface area contributed by atoms with Gasteiger partial charge >= 0.3 is 5.97 Å². The van der Waals surface area contributed by atoms with Crippen LogP contribution in [0.5, 0.6) is 5.75 Å². The summed E-state index contributed by atoms with van der Waals surface area (Å²) in [5, 5.41) is 30.3. The number of nitrogens with zero attached hydrogens (tertiary/aromatic N) is 3. The summed E-state index contributed by atoms with van der Waals surface area (Å²) >= 11 is 0. The number of aromatic hydroxyl groups is 1. The molecule has 2 heterocycles. The highest BCUT2D eigenvalue weighted by molar-refractivity contribution is 5.96. The molecule has 1 aliphatic heterocycles. The van der Waals surface area contributed by atoms with E-state index in [1.54, 1.807) is 19.1 Å². The Bertz CT molecular complexity index is 1290. The molecule has 0 spiro atoms. The molecule has 3 aromatic rings. The monoisotopic (exact) mass is 508 g/mol. The van der Waals surface area contributed by atoms with Gasteiger partial charge in [-0.2, -0.15) is 0 Å². The Morgan fingerprint density at radius 3 is 2.43 bits per heavy atom. The maximum absolute atomic E-state index is 14.4. The number of aromatic nitrogens is 2. The second-order valence-corrected chi connectivity index (χ2v) is 9.15. The molecule has 37 heavy (non-hydrogen) atoms. The highest BCUT2D eigenvalue weighted by Crippen LogP contribution is 2.30. The van der Waals surface area contributed by atoms with Crippen molar-refractivity contribution >= 4 is 17.6 Å². The molecule has 1 saturated heterocycles. The van der Waals surface area contributed by atoms with E-state index >= 15 is 0 Å². The summed E-state index contributed by atoms with van der Waals surface area (Å²) in [6, 6.07) is 12.5. The number of piperidine rings is 1. The Morgan fingerprint density at radius 1 is 1.11 bits per heavy atom. The number of carbonyl (C=O) groups excluding carboxylic acids is 1. The summed E-state index contributed by atoms with van der Waals surface area (Å²) < 4.78 is 14.4. The molecular formula is C27H29FN4O5. The average Bonchev–Trinajstić information content (AvgIpc) is 2.89. The second kappa shape index (κ2) is 11.3. The molecule has 1 aliphatic rings. The number of benzene rings is 2. The Kier molecular flexibility index (Phi) is 7.98. The molecule has 4 rings (SSSR count). The van der Waals surface area contributed by atoms with Crippen LogP contribution in [-0.4, -0.2) is 56.8 Å². The van der Waals surface area contributed by atoms with Crippen LogP contribution in [0, 0.1) is 18.7 Å². The number of hydrogen-bond acceptors (Lipinski definition) is 7. The number of aliphatic hydroxyl groups excluding tert-OH is 1. The van der Waals surface area contributed by atoms with Crippen LogP contribution in [0.3, 0.4) is 0 Å². The van der Waals surface area contributed by atoms with E-state index in [2.05, 4.69) is 20.2 Å². The van der Waals surface area contributed by atoms with Crippen LogP contribution in [-0.2, 0) is 17.8 Å². The zero-order valence-electron chi connectivity index (χ0n) is 20.4. The van der Waals surface area contributed by atoms with Crippen molar-refractivity contribution in [1.82, 2.24) is 15.3 Å². The number of hydrogen-bond donors (Lipinski definition) is 4. The molecule has 4 N–H and O–H groups in total. The number of rotatable bonds is 8. The lowest BCUT2D eigenvalue weighted by Gasteiger charge is -2.33. The van der Waals surface area contributed by atoms with E-state index in [0.29, 0.717) is 23.4 Å². The minimum absolute atomic E-state index is 0.201. The van der Waals surface area contributed by atoms with Crippen LogP contribution in [0.1, 0.15) is 40.4 Å². The summed E-state index contributed by atoms with van der Waals surface area (Å²) in [4.78, 5) is 33.8. The van der Waals surface area contributed by atoms with Crippen LogP contribution in [0.25, 0.3) is 11.1 Å². The van der Waals surface area contributed by atoms with E-state index < -0.39 is 18.4 Å². The highest BCUT2D eigenvalue weighted by Gasteiger charge is 2.23. The summed E-state index contributed by atoms with van der Waals surface area (Å²) in [6.45, 7) is 2.43. The predicted octanol–water partition coefficient (Wildman–Crippen LogP) is 3.06. The van der Waals surface area contributed by atoms with E-state index in [0.717, 1.165) is 37.2 Å². The number of carbonyl (C=O) groups is 2. The fourth-order valence-corrected chi connectivity index (χ4v) is 4.51. The number of nitrogens with one attached hydrogen (secondary N) is 1. The summed E-state index contributed by atoms with van der Waals surface area (Å²) in [6.07, 6.45) is 2.29. The van der Waals surface area contributed by atoms with E-state index in [-0.39, 0.29) is 35.5 Å². The SMILES string of the molecule is Cc1nc(CC2CCN(c3ccc(-c4ccc(CO)cc4F)cc3)CC2)nc(C(=O)NCC(=O)O)c1O. The van der Waals surface area contributed by atoms with Crippen LogP contribution < -0.4 is 10.2 Å². The number of aryl methyl sites for hydroxylation is 1. The van der Waals surface area contributed by atoms with Crippen molar-refractivity contribution in [3.05, 3.63) is 71.1 Å². The topological polar surface area (TPSA) is 136 Å². The Morgan fingerprint density at radius 2 is 1.81 bits per heavy atom. The van der Waals surface area contributed by atoms with E-state index in [1.807, 2.05) is 24.3 Å². The standard InChI is InChI=1S/C27H29FN4O5/c1-16-26(36)25(27(37)29-14-24(34)35)31-23(30-16)13-17-8-10-32(11-9-17)20-5-3-19(4-6-20)21-7-2-18(15-33)12-22(21)28/h2-7,12,17,33,36H,8-11,13-15H2,1H3,(H,29,37)(H,34,35). The largest absolute Gasteiger partial charge is 0.504 e. The van der Waals surface area contributed by atoms with Crippen molar-refractivity contribution in [3.8, 4) is 16.9 Å². The third-order valence-electron chi connectivity index (χ3n) is 6.57. The van der Waals surface area contributed by atoms with Gasteiger partial charge in [0.15, 0.2) is 11.4 Å². The zero-order chi connectivity index (χ0) is 26.5. The summed E-state index contributed by atoms with van der Waals surface area (Å²) in [5.74, 6) is -1.94. The molecule has 1 aromatic heterocycles. The molecule has 0 atom stereocenters. The lowest BCUT2D eigenvalue weighted by Crippen LogP contribution is -2.34. The molecule has 10 heteroatoms. The minimum Gasteiger partial charge on any atom is -0.504 e. The molecule has 1 amide bonds. The number of carboxylic acid groups (broad SMARTS) is 1. The molecule has 1 fully saturated rings. The third-order valence-corrected chi connectivity index (χ3v) is 6.57. The zero-order valence-corrected chi connectivity index (χ0v) is 20.4. The summed E-state index contributed by atoms with van der Waals surface area (Å²) in [7, 11) is 0. The summed E-state index contributed by atoms with van der Waals surface area (Å²) in [5.41, 5.74) is 2.88. The van der Waals surface area contributed by atoms with Crippen LogP contribution >= 0.6 is 0 Å². The van der Waals surface area contributed by atoms with Gasteiger partial charge in [0.2, 0.25) is 0 Å². The lowest BCUT2D eigenvalue weighted by atomic mass is 9.92. The Balaban J connectivity index is 1.37. The van der Waals surface area contributed by atoms with Crippen LogP contribution in [0.2, 0.25) is 0 Å². The number of amides is 1. The maximum atomic E-state index is 14.4. The van der Waals surface area contributed by atoms with Gasteiger partial charge in [-0.1, -0.05) is 24.3 Å². The van der Waals surface area contributed by atoms with Crippen molar-refractivity contribution in [2.75, 3.05) is 24.5 Å². The van der Waals surface area contributed by atoms with Gasteiger partial charge in [-0.25, -0.2) is 14.4 Å². The molecule has 0 bridgehead atoms. The first-order valence-corrected chi connectivity index (χ1v) is 12.1. The predicted molar refractivity (Wildman–Crippen MR) is 135 cm³/mol. The van der Waals surface area contributed by atoms with Gasteiger partial charge in [0.25, 0.3) is 5.91 Å². The number of halogens is 1. The van der Waals surface area contributed by atoms with Crippen LogP contribution in [0.4, 0.5) is 10.1 Å². The van der Waals surface area contributed by atoms with E-state index in [9.17, 15) is 24.2 Å². The molecule has 0 unspecified atom stereocenters. The molecule has 0 radical (unpaired) electrons. The number of aliphatic hydroxyl groups is 1. The molecule has 0 saturated carbocycles. The third kappa shape index (κ3) is 6.21. The van der Waals surface area contributed by atoms with Gasteiger partial charge in [-0.3, -0.25) is 9.59 Å². The molecule has 0 aliphatic carbocycles. The lowest BCUT2D eigenvalue weighted by molar-refractivity contribution is -0.135. The Labute approximate surface area is 213 Å².